The highest BCUT2D eigenvalue weighted by Gasteiger charge is 2.31. The Morgan fingerprint density at radius 3 is 2.33 bits per heavy atom. The van der Waals surface area contributed by atoms with Crippen molar-refractivity contribution in [3.8, 4) is 0 Å². The summed E-state index contributed by atoms with van der Waals surface area (Å²) in [5.74, 6) is -2.62. The zero-order chi connectivity index (χ0) is 15.6. The van der Waals surface area contributed by atoms with Gasteiger partial charge in [0.2, 0.25) is 0 Å². The Balaban J connectivity index is 2.29. The lowest BCUT2D eigenvalue weighted by Crippen LogP contribution is -2.14. The number of halogens is 5. The maximum absolute atomic E-state index is 13.5. The fourth-order valence-corrected chi connectivity index (χ4v) is 1.62. The number of hydrogen-bond acceptors (Lipinski definition) is 1. The number of rotatable bonds is 2. The fourth-order valence-electron chi connectivity index (χ4n) is 1.62. The van der Waals surface area contributed by atoms with Crippen molar-refractivity contribution in [1.82, 2.24) is 0 Å². The molecule has 0 unspecified atom stereocenters. The van der Waals surface area contributed by atoms with Gasteiger partial charge in [0, 0.05) is 5.56 Å². The monoisotopic (exact) mass is 301 g/mol. The van der Waals surface area contributed by atoms with E-state index in [4.69, 9.17) is 0 Å². The quantitative estimate of drug-likeness (QED) is 0.826. The van der Waals surface area contributed by atoms with Gasteiger partial charge in [-0.1, -0.05) is 6.07 Å². The van der Waals surface area contributed by atoms with E-state index in [2.05, 4.69) is 0 Å². The van der Waals surface area contributed by atoms with Crippen molar-refractivity contribution in [2.75, 3.05) is 5.32 Å². The predicted molar refractivity (Wildman–Crippen MR) is 65.8 cm³/mol. The highest BCUT2D eigenvalue weighted by Crippen LogP contribution is 2.31. The molecule has 0 aliphatic rings. The normalized spacial score (nSPS) is 11.3. The number of carbonyl (C=O) groups excluding carboxylic acids is 1. The van der Waals surface area contributed by atoms with Crippen molar-refractivity contribution < 1.29 is 26.7 Å². The summed E-state index contributed by atoms with van der Waals surface area (Å²) in [6.45, 7) is 0. The highest BCUT2D eigenvalue weighted by atomic mass is 19.4. The second kappa shape index (κ2) is 5.51. The van der Waals surface area contributed by atoms with Crippen LogP contribution < -0.4 is 5.32 Å². The van der Waals surface area contributed by atoms with Gasteiger partial charge in [-0.05, 0) is 36.4 Å². The van der Waals surface area contributed by atoms with Crippen LogP contribution in [0.2, 0.25) is 0 Å². The van der Waals surface area contributed by atoms with E-state index in [0.717, 1.165) is 12.1 Å². The molecule has 1 amide bonds. The Morgan fingerprint density at radius 1 is 1.00 bits per heavy atom. The molecular weight excluding hydrogens is 293 g/mol. The van der Waals surface area contributed by atoms with Gasteiger partial charge >= 0.3 is 6.18 Å². The van der Waals surface area contributed by atoms with Crippen molar-refractivity contribution in [2.45, 2.75) is 6.18 Å². The smallest absolute Gasteiger partial charge is 0.319 e. The number of hydrogen-bond donors (Lipinski definition) is 1. The van der Waals surface area contributed by atoms with Gasteiger partial charge in [-0.3, -0.25) is 4.79 Å². The molecule has 0 heterocycles. The molecule has 2 rings (SSSR count). The lowest BCUT2D eigenvalue weighted by Gasteiger charge is -2.11. The van der Waals surface area contributed by atoms with E-state index < -0.39 is 35.0 Å². The van der Waals surface area contributed by atoms with E-state index in [0.29, 0.717) is 18.2 Å². The van der Waals surface area contributed by atoms with Crippen LogP contribution in [0.15, 0.2) is 42.5 Å². The van der Waals surface area contributed by atoms with Crippen LogP contribution in [0.3, 0.4) is 0 Å². The van der Waals surface area contributed by atoms with Gasteiger partial charge in [-0.2, -0.15) is 13.2 Å². The third kappa shape index (κ3) is 3.56. The molecule has 0 atom stereocenters. The summed E-state index contributed by atoms with van der Waals surface area (Å²) < 4.78 is 64.0. The largest absolute Gasteiger partial charge is 0.416 e. The molecule has 7 heteroatoms. The number of carbonyl (C=O) groups is 1. The molecule has 2 aromatic carbocycles. The van der Waals surface area contributed by atoms with Gasteiger partial charge in [-0.25, -0.2) is 8.78 Å². The zero-order valence-corrected chi connectivity index (χ0v) is 10.3. The molecular formula is C14H8F5NO. The van der Waals surface area contributed by atoms with Crippen molar-refractivity contribution in [3.05, 3.63) is 65.2 Å². The van der Waals surface area contributed by atoms with Crippen LogP contribution in [0.4, 0.5) is 27.6 Å². The number of alkyl halides is 3. The molecule has 1 N–H and O–H groups in total. The van der Waals surface area contributed by atoms with Gasteiger partial charge in [-0.15, -0.1) is 0 Å². The van der Waals surface area contributed by atoms with Crippen molar-refractivity contribution in [1.29, 1.82) is 0 Å². The first-order valence-corrected chi connectivity index (χ1v) is 5.71. The molecule has 0 saturated heterocycles. The van der Waals surface area contributed by atoms with Crippen LogP contribution in [-0.4, -0.2) is 5.91 Å². The minimum absolute atomic E-state index is 0.133. The van der Waals surface area contributed by atoms with Crippen molar-refractivity contribution in [2.24, 2.45) is 0 Å². The predicted octanol–water partition coefficient (Wildman–Crippen LogP) is 4.24. The van der Waals surface area contributed by atoms with Gasteiger partial charge in [0.25, 0.3) is 5.91 Å². The maximum Gasteiger partial charge on any atom is 0.416 e. The van der Waals surface area contributed by atoms with E-state index in [9.17, 15) is 26.7 Å². The molecule has 0 aliphatic carbocycles. The summed E-state index contributed by atoms with van der Waals surface area (Å²) in [6.07, 6.45) is -4.66. The highest BCUT2D eigenvalue weighted by molar-refractivity contribution is 6.04. The molecule has 0 spiro atoms. The van der Waals surface area contributed by atoms with Gasteiger partial charge in [0.1, 0.15) is 11.6 Å². The zero-order valence-electron chi connectivity index (χ0n) is 10.3. The average molecular weight is 301 g/mol. The van der Waals surface area contributed by atoms with Crippen LogP contribution in [-0.2, 0) is 6.18 Å². The minimum atomic E-state index is -4.66. The van der Waals surface area contributed by atoms with Crippen molar-refractivity contribution in [3.63, 3.8) is 0 Å². The maximum atomic E-state index is 13.5. The summed E-state index contributed by atoms with van der Waals surface area (Å²) in [6, 6.07) is 6.14. The Labute approximate surface area is 116 Å². The number of anilines is 1. The second-order valence-corrected chi connectivity index (χ2v) is 4.16. The Morgan fingerprint density at radius 2 is 1.71 bits per heavy atom. The molecule has 0 bridgehead atoms. The summed E-state index contributed by atoms with van der Waals surface area (Å²) in [7, 11) is 0. The van der Waals surface area contributed by atoms with Crippen LogP contribution in [0.5, 0.6) is 0 Å². The van der Waals surface area contributed by atoms with E-state index in [1.807, 2.05) is 5.32 Å². The Kier molecular flexibility index (Phi) is 3.93. The van der Waals surface area contributed by atoms with Crippen LogP contribution >= 0.6 is 0 Å². The number of nitrogens with one attached hydrogen (secondary N) is 1. The number of amides is 1. The van der Waals surface area contributed by atoms with Gasteiger partial charge < -0.3 is 5.32 Å². The van der Waals surface area contributed by atoms with Crippen LogP contribution in [0.25, 0.3) is 0 Å². The third-order valence-electron chi connectivity index (χ3n) is 2.63. The summed E-state index contributed by atoms with van der Waals surface area (Å²) in [5.41, 5.74) is -1.86. The molecule has 0 radical (unpaired) electrons. The molecule has 110 valence electrons. The van der Waals surface area contributed by atoms with E-state index in [1.165, 1.54) is 12.1 Å². The molecule has 2 nitrogen and oxygen atoms in total. The Bertz CT molecular complexity index is 681. The van der Waals surface area contributed by atoms with Gasteiger partial charge in [0.15, 0.2) is 0 Å². The molecule has 0 aliphatic heterocycles. The Hall–Kier alpha value is -2.44. The van der Waals surface area contributed by atoms with E-state index >= 15 is 0 Å². The fraction of sp³-hybridized carbons (Fsp3) is 0.0714. The lowest BCUT2D eigenvalue weighted by atomic mass is 10.1. The topological polar surface area (TPSA) is 29.1 Å². The standard InChI is InChI=1S/C14H8F5NO/c15-10-3-1-2-8(6-10)13(21)20-12-7-9(14(17,18)19)4-5-11(12)16/h1-7H,(H,20,21). The molecule has 0 saturated carbocycles. The summed E-state index contributed by atoms with van der Waals surface area (Å²) >= 11 is 0. The first kappa shape index (κ1) is 15.0. The molecule has 21 heavy (non-hydrogen) atoms. The third-order valence-corrected chi connectivity index (χ3v) is 2.63. The second-order valence-electron chi connectivity index (χ2n) is 4.16. The summed E-state index contributed by atoms with van der Waals surface area (Å²) in [5, 5.41) is 1.99. The molecule has 0 aromatic heterocycles. The van der Waals surface area contributed by atoms with E-state index in [1.54, 1.807) is 0 Å². The van der Waals surface area contributed by atoms with Crippen molar-refractivity contribution >= 4 is 11.6 Å². The van der Waals surface area contributed by atoms with E-state index in [-0.39, 0.29) is 5.56 Å². The summed E-state index contributed by atoms with van der Waals surface area (Å²) in [4.78, 5) is 11.8. The average Bonchev–Trinajstić information content (AvgIpc) is 2.40. The van der Waals surface area contributed by atoms with Gasteiger partial charge in [0.05, 0.1) is 11.3 Å². The van der Waals surface area contributed by atoms with Crippen LogP contribution in [0.1, 0.15) is 15.9 Å². The minimum Gasteiger partial charge on any atom is -0.319 e. The number of benzene rings is 2. The van der Waals surface area contributed by atoms with Crippen LogP contribution in [0, 0.1) is 11.6 Å². The molecule has 2 aromatic rings. The first-order valence-electron chi connectivity index (χ1n) is 5.71. The molecule has 0 fully saturated rings. The first-order chi connectivity index (χ1) is 9.77. The SMILES string of the molecule is O=C(Nc1cc(C(F)(F)F)ccc1F)c1cccc(F)c1. The lowest BCUT2D eigenvalue weighted by molar-refractivity contribution is -0.137.